The molecule has 0 saturated heterocycles. The van der Waals surface area contributed by atoms with Crippen LogP contribution in [0, 0.1) is 0 Å². The number of pyridine rings is 1. The summed E-state index contributed by atoms with van der Waals surface area (Å²) in [4.78, 5) is 15.5. The second kappa shape index (κ2) is 5.42. The Morgan fingerprint density at radius 3 is 2.76 bits per heavy atom. The molecule has 21 heavy (non-hydrogen) atoms. The van der Waals surface area contributed by atoms with Gasteiger partial charge in [-0.1, -0.05) is 17.7 Å². The summed E-state index contributed by atoms with van der Waals surface area (Å²) in [5, 5.41) is 10.4. The van der Waals surface area contributed by atoms with Gasteiger partial charge in [0.2, 0.25) is 0 Å². The fourth-order valence-corrected chi connectivity index (χ4v) is 2.21. The molecule has 2 aromatic carbocycles. The van der Waals surface area contributed by atoms with E-state index in [9.17, 15) is 9.90 Å². The SMILES string of the molecule is O=C(O)c1cc(Cl)ccc1Oc1cccc2ncccc12. The fourth-order valence-electron chi connectivity index (χ4n) is 2.04. The van der Waals surface area contributed by atoms with E-state index in [0.29, 0.717) is 10.8 Å². The van der Waals surface area contributed by atoms with Crippen molar-refractivity contribution in [3.8, 4) is 11.5 Å². The molecule has 3 aromatic rings. The van der Waals surface area contributed by atoms with Gasteiger partial charge in [0.1, 0.15) is 17.1 Å². The van der Waals surface area contributed by atoms with Gasteiger partial charge in [-0.05, 0) is 42.5 Å². The first kappa shape index (κ1) is 13.4. The minimum absolute atomic E-state index is 0.0170. The molecular weight excluding hydrogens is 290 g/mol. The number of carboxylic acid groups (broad SMARTS) is 1. The summed E-state index contributed by atoms with van der Waals surface area (Å²) in [6, 6.07) is 13.6. The summed E-state index contributed by atoms with van der Waals surface area (Å²) in [5.41, 5.74) is 0.796. The molecule has 1 heterocycles. The Morgan fingerprint density at radius 2 is 1.95 bits per heavy atom. The highest BCUT2D eigenvalue weighted by Gasteiger charge is 2.14. The van der Waals surface area contributed by atoms with Crippen molar-refractivity contribution in [2.75, 3.05) is 0 Å². The molecule has 0 aliphatic rings. The number of halogens is 1. The van der Waals surface area contributed by atoms with Crippen LogP contribution in [-0.2, 0) is 0 Å². The van der Waals surface area contributed by atoms with Gasteiger partial charge in [0, 0.05) is 16.6 Å². The highest BCUT2D eigenvalue weighted by atomic mass is 35.5. The number of aromatic nitrogens is 1. The van der Waals surface area contributed by atoms with Crippen LogP contribution in [0.4, 0.5) is 0 Å². The number of hydrogen-bond acceptors (Lipinski definition) is 3. The third-order valence-corrected chi connectivity index (χ3v) is 3.23. The smallest absolute Gasteiger partial charge is 0.339 e. The molecule has 104 valence electrons. The molecule has 1 aromatic heterocycles. The van der Waals surface area contributed by atoms with Crippen molar-refractivity contribution < 1.29 is 14.6 Å². The molecule has 0 atom stereocenters. The third kappa shape index (κ3) is 2.66. The molecule has 1 N–H and O–H groups in total. The van der Waals surface area contributed by atoms with Gasteiger partial charge in [-0.2, -0.15) is 0 Å². The Morgan fingerprint density at radius 1 is 1.10 bits per heavy atom. The van der Waals surface area contributed by atoms with E-state index in [1.165, 1.54) is 6.07 Å². The Bertz CT molecular complexity index is 827. The molecule has 5 heteroatoms. The largest absolute Gasteiger partial charge is 0.478 e. The quantitative estimate of drug-likeness (QED) is 0.779. The number of carboxylic acids is 1. The second-order valence-corrected chi connectivity index (χ2v) is 4.81. The van der Waals surface area contributed by atoms with Crippen molar-refractivity contribution in [3.63, 3.8) is 0 Å². The Labute approximate surface area is 125 Å². The first-order chi connectivity index (χ1) is 10.1. The number of fused-ring (bicyclic) bond motifs is 1. The van der Waals surface area contributed by atoms with Gasteiger partial charge in [0.05, 0.1) is 5.52 Å². The summed E-state index contributed by atoms with van der Waals surface area (Å²) >= 11 is 5.83. The van der Waals surface area contributed by atoms with E-state index >= 15 is 0 Å². The summed E-state index contributed by atoms with van der Waals surface area (Å²) in [7, 11) is 0. The third-order valence-electron chi connectivity index (χ3n) is 3.00. The van der Waals surface area contributed by atoms with Crippen LogP contribution in [0.25, 0.3) is 10.9 Å². The molecule has 0 unspecified atom stereocenters. The van der Waals surface area contributed by atoms with Crippen molar-refractivity contribution in [2.45, 2.75) is 0 Å². The van der Waals surface area contributed by atoms with Crippen molar-refractivity contribution in [1.29, 1.82) is 0 Å². The minimum atomic E-state index is -1.09. The molecule has 0 saturated carbocycles. The van der Waals surface area contributed by atoms with E-state index < -0.39 is 5.97 Å². The average Bonchev–Trinajstić information content (AvgIpc) is 2.49. The lowest BCUT2D eigenvalue weighted by molar-refractivity contribution is 0.0694. The molecule has 0 aliphatic heterocycles. The topological polar surface area (TPSA) is 59.4 Å². The van der Waals surface area contributed by atoms with Gasteiger partial charge in [-0.25, -0.2) is 4.79 Å². The number of carbonyl (C=O) groups is 1. The zero-order chi connectivity index (χ0) is 14.8. The van der Waals surface area contributed by atoms with Crippen molar-refractivity contribution >= 4 is 28.5 Å². The van der Waals surface area contributed by atoms with Gasteiger partial charge in [0.15, 0.2) is 0 Å². The zero-order valence-electron chi connectivity index (χ0n) is 10.8. The Hall–Kier alpha value is -2.59. The van der Waals surface area contributed by atoms with Crippen molar-refractivity contribution in [3.05, 3.63) is 65.3 Å². The lowest BCUT2D eigenvalue weighted by Crippen LogP contribution is -2.00. The molecule has 0 fully saturated rings. The van der Waals surface area contributed by atoms with E-state index in [2.05, 4.69) is 4.98 Å². The number of benzene rings is 2. The summed E-state index contributed by atoms with van der Waals surface area (Å²) in [6.07, 6.45) is 1.69. The predicted octanol–water partition coefficient (Wildman–Crippen LogP) is 4.38. The maximum Gasteiger partial charge on any atom is 0.339 e. The van der Waals surface area contributed by atoms with Crippen LogP contribution in [0.5, 0.6) is 11.5 Å². The highest BCUT2D eigenvalue weighted by molar-refractivity contribution is 6.31. The summed E-state index contributed by atoms with van der Waals surface area (Å²) in [6.45, 7) is 0. The molecule has 4 nitrogen and oxygen atoms in total. The first-order valence-electron chi connectivity index (χ1n) is 6.19. The van der Waals surface area contributed by atoms with Gasteiger partial charge < -0.3 is 9.84 Å². The Balaban J connectivity index is 2.09. The van der Waals surface area contributed by atoms with Crippen LogP contribution in [0.2, 0.25) is 5.02 Å². The molecule has 0 radical (unpaired) electrons. The molecule has 0 aliphatic carbocycles. The standard InChI is InChI=1S/C16H10ClNO3/c17-10-6-7-15(12(9-10)16(19)20)21-14-5-1-4-13-11(14)3-2-8-18-13/h1-9H,(H,19,20). The molecule has 3 rings (SSSR count). The van der Waals surface area contributed by atoms with E-state index in [-0.39, 0.29) is 11.3 Å². The van der Waals surface area contributed by atoms with Gasteiger partial charge in [0.25, 0.3) is 0 Å². The molecule has 0 spiro atoms. The first-order valence-corrected chi connectivity index (χ1v) is 6.57. The summed E-state index contributed by atoms with van der Waals surface area (Å²) < 4.78 is 5.76. The van der Waals surface area contributed by atoms with Crippen LogP contribution < -0.4 is 4.74 Å². The maximum atomic E-state index is 11.3. The number of aromatic carboxylic acids is 1. The number of ether oxygens (including phenoxy) is 1. The Kier molecular flexibility index (Phi) is 3.46. The maximum absolute atomic E-state index is 11.3. The normalized spacial score (nSPS) is 10.5. The number of nitrogens with zero attached hydrogens (tertiary/aromatic N) is 1. The van der Waals surface area contributed by atoms with Crippen LogP contribution in [0.15, 0.2) is 54.7 Å². The van der Waals surface area contributed by atoms with Crippen molar-refractivity contribution in [1.82, 2.24) is 4.98 Å². The van der Waals surface area contributed by atoms with Crippen LogP contribution in [0.1, 0.15) is 10.4 Å². The van der Waals surface area contributed by atoms with E-state index in [0.717, 1.165) is 10.9 Å². The van der Waals surface area contributed by atoms with Crippen LogP contribution >= 0.6 is 11.6 Å². The number of hydrogen-bond donors (Lipinski definition) is 1. The lowest BCUT2D eigenvalue weighted by atomic mass is 10.2. The van der Waals surface area contributed by atoms with E-state index in [4.69, 9.17) is 16.3 Å². The predicted molar refractivity (Wildman–Crippen MR) is 80.2 cm³/mol. The van der Waals surface area contributed by atoms with Crippen LogP contribution in [0.3, 0.4) is 0 Å². The minimum Gasteiger partial charge on any atom is -0.478 e. The van der Waals surface area contributed by atoms with Gasteiger partial charge >= 0.3 is 5.97 Å². The van der Waals surface area contributed by atoms with Gasteiger partial charge in [-0.3, -0.25) is 4.98 Å². The van der Waals surface area contributed by atoms with Gasteiger partial charge in [-0.15, -0.1) is 0 Å². The van der Waals surface area contributed by atoms with Crippen LogP contribution in [-0.4, -0.2) is 16.1 Å². The van der Waals surface area contributed by atoms with E-state index in [1.54, 1.807) is 36.5 Å². The molecule has 0 bridgehead atoms. The second-order valence-electron chi connectivity index (χ2n) is 4.37. The fraction of sp³-hybridized carbons (Fsp3) is 0. The monoisotopic (exact) mass is 299 g/mol. The summed E-state index contributed by atoms with van der Waals surface area (Å²) in [5.74, 6) is -0.306. The lowest BCUT2D eigenvalue weighted by Gasteiger charge is -2.11. The average molecular weight is 300 g/mol. The zero-order valence-corrected chi connectivity index (χ0v) is 11.5. The molecular formula is C16H10ClNO3. The molecule has 0 amide bonds. The highest BCUT2D eigenvalue weighted by Crippen LogP contribution is 2.32. The van der Waals surface area contributed by atoms with E-state index in [1.807, 2.05) is 12.1 Å². The number of rotatable bonds is 3. The van der Waals surface area contributed by atoms with Crippen molar-refractivity contribution in [2.24, 2.45) is 0 Å².